The van der Waals surface area contributed by atoms with Gasteiger partial charge in [-0.25, -0.2) is 13.6 Å². The predicted molar refractivity (Wildman–Crippen MR) is 64.5 cm³/mol. The Bertz CT molecular complexity index is 467. The van der Waals surface area contributed by atoms with Gasteiger partial charge in [-0.15, -0.1) is 0 Å². The van der Waals surface area contributed by atoms with Crippen LogP contribution in [-0.4, -0.2) is 14.5 Å². The summed E-state index contributed by atoms with van der Waals surface area (Å²) in [7, 11) is -3.61. The molecule has 4 nitrogen and oxygen atoms in total. The first-order chi connectivity index (χ1) is 7.30. The molecule has 0 heterocycles. The number of benzene rings is 1. The third kappa shape index (κ3) is 3.59. The van der Waals surface area contributed by atoms with Crippen LogP contribution in [-0.2, 0) is 16.6 Å². The molecule has 90 valence electrons. The van der Waals surface area contributed by atoms with E-state index in [-0.39, 0.29) is 4.90 Å². The first-order valence-corrected chi connectivity index (χ1v) is 6.71. The van der Waals surface area contributed by atoms with Gasteiger partial charge in [0.1, 0.15) is 0 Å². The highest BCUT2D eigenvalue weighted by Gasteiger charge is 2.09. The van der Waals surface area contributed by atoms with Crippen LogP contribution in [0.15, 0.2) is 23.1 Å². The van der Waals surface area contributed by atoms with Crippen LogP contribution in [0.4, 0.5) is 0 Å². The summed E-state index contributed by atoms with van der Waals surface area (Å²) >= 11 is 0. The van der Waals surface area contributed by atoms with Crippen LogP contribution in [0.5, 0.6) is 0 Å². The molecule has 0 atom stereocenters. The second-order valence-corrected chi connectivity index (χ2v) is 5.73. The van der Waals surface area contributed by atoms with Gasteiger partial charge in [-0.2, -0.15) is 0 Å². The maximum atomic E-state index is 11.2. The Morgan fingerprint density at radius 1 is 1.38 bits per heavy atom. The minimum Gasteiger partial charge on any atom is -0.310 e. The van der Waals surface area contributed by atoms with Crippen molar-refractivity contribution in [2.75, 3.05) is 0 Å². The molecule has 0 aromatic heterocycles. The van der Waals surface area contributed by atoms with E-state index >= 15 is 0 Å². The number of hydrogen-bond donors (Lipinski definition) is 2. The summed E-state index contributed by atoms with van der Waals surface area (Å²) in [5.74, 6) is 0. The van der Waals surface area contributed by atoms with Gasteiger partial charge in [0, 0.05) is 12.6 Å². The molecular weight excluding hydrogens is 224 g/mol. The maximum Gasteiger partial charge on any atom is 0.238 e. The molecule has 5 heteroatoms. The quantitative estimate of drug-likeness (QED) is 0.831. The van der Waals surface area contributed by atoms with Crippen LogP contribution in [0.1, 0.15) is 25.0 Å². The lowest BCUT2D eigenvalue weighted by atomic mass is 10.1. The molecule has 0 aliphatic rings. The van der Waals surface area contributed by atoms with Crippen LogP contribution in [0.3, 0.4) is 0 Å². The van der Waals surface area contributed by atoms with Crippen molar-refractivity contribution in [3.05, 3.63) is 29.3 Å². The van der Waals surface area contributed by atoms with Gasteiger partial charge in [0.2, 0.25) is 10.0 Å². The van der Waals surface area contributed by atoms with Gasteiger partial charge >= 0.3 is 0 Å². The Labute approximate surface area is 96.9 Å². The molecule has 16 heavy (non-hydrogen) atoms. The Kier molecular flexibility index (Phi) is 4.07. The van der Waals surface area contributed by atoms with E-state index in [0.717, 1.165) is 11.1 Å². The van der Waals surface area contributed by atoms with E-state index in [1.807, 2.05) is 20.8 Å². The molecule has 0 aliphatic carbocycles. The molecule has 0 bridgehead atoms. The molecule has 0 saturated heterocycles. The summed E-state index contributed by atoms with van der Waals surface area (Å²) in [4.78, 5) is 0.165. The van der Waals surface area contributed by atoms with Gasteiger partial charge in [-0.1, -0.05) is 19.9 Å². The topological polar surface area (TPSA) is 72.2 Å². The zero-order chi connectivity index (χ0) is 12.3. The van der Waals surface area contributed by atoms with Crippen LogP contribution in [0.2, 0.25) is 0 Å². The van der Waals surface area contributed by atoms with E-state index in [1.54, 1.807) is 12.1 Å². The fraction of sp³-hybridized carbons (Fsp3) is 0.455. The first-order valence-electron chi connectivity index (χ1n) is 5.16. The van der Waals surface area contributed by atoms with Crippen molar-refractivity contribution in [1.82, 2.24) is 5.32 Å². The summed E-state index contributed by atoms with van der Waals surface area (Å²) in [6.07, 6.45) is 0. The summed E-state index contributed by atoms with van der Waals surface area (Å²) in [6.45, 7) is 6.68. The Hall–Kier alpha value is -0.910. The molecule has 0 unspecified atom stereocenters. The Morgan fingerprint density at radius 3 is 2.50 bits per heavy atom. The van der Waals surface area contributed by atoms with Crippen LogP contribution in [0.25, 0.3) is 0 Å². The van der Waals surface area contributed by atoms with Crippen molar-refractivity contribution >= 4 is 10.0 Å². The second-order valence-electron chi connectivity index (χ2n) is 4.17. The molecule has 1 aromatic carbocycles. The highest BCUT2D eigenvalue weighted by molar-refractivity contribution is 7.89. The van der Waals surface area contributed by atoms with E-state index < -0.39 is 10.0 Å². The van der Waals surface area contributed by atoms with E-state index in [2.05, 4.69) is 5.32 Å². The largest absolute Gasteiger partial charge is 0.310 e. The SMILES string of the molecule is Cc1ccc(S(N)(=O)=O)cc1CNC(C)C. The van der Waals surface area contributed by atoms with Crippen molar-refractivity contribution in [2.45, 2.75) is 38.3 Å². The summed E-state index contributed by atoms with van der Waals surface area (Å²) < 4.78 is 22.4. The number of primary sulfonamides is 1. The van der Waals surface area contributed by atoms with E-state index in [4.69, 9.17) is 5.14 Å². The number of sulfonamides is 1. The Morgan fingerprint density at radius 2 is 2.00 bits per heavy atom. The minimum absolute atomic E-state index is 0.165. The monoisotopic (exact) mass is 242 g/mol. The second kappa shape index (κ2) is 4.95. The smallest absolute Gasteiger partial charge is 0.238 e. The summed E-state index contributed by atoms with van der Waals surface area (Å²) in [5.41, 5.74) is 2.01. The van der Waals surface area contributed by atoms with Crippen LogP contribution in [0, 0.1) is 6.92 Å². The van der Waals surface area contributed by atoms with Crippen molar-refractivity contribution in [2.24, 2.45) is 5.14 Å². The predicted octanol–water partition coefficient (Wildman–Crippen LogP) is 1.14. The number of rotatable bonds is 4. The van der Waals surface area contributed by atoms with Gasteiger partial charge in [-0.3, -0.25) is 0 Å². The lowest BCUT2D eigenvalue weighted by Gasteiger charge is -2.11. The van der Waals surface area contributed by atoms with Crippen LogP contribution < -0.4 is 10.5 Å². The molecule has 1 rings (SSSR count). The zero-order valence-electron chi connectivity index (χ0n) is 9.82. The fourth-order valence-electron chi connectivity index (χ4n) is 1.33. The fourth-order valence-corrected chi connectivity index (χ4v) is 1.89. The van der Waals surface area contributed by atoms with Gasteiger partial charge < -0.3 is 5.32 Å². The van der Waals surface area contributed by atoms with Crippen molar-refractivity contribution < 1.29 is 8.42 Å². The molecular formula is C11H18N2O2S. The van der Waals surface area contributed by atoms with E-state index in [9.17, 15) is 8.42 Å². The normalized spacial score (nSPS) is 12.1. The molecule has 0 aliphatic heterocycles. The van der Waals surface area contributed by atoms with Gasteiger partial charge in [0.25, 0.3) is 0 Å². The molecule has 0 radical (unpaired) electrons. The minimum atomic E-state index is -3.61. The lowest BCUT2D eigenvalue weighted by molar-refractivity contribution is 0.585. The van der Waals surface area contributed by atoms with Crippen molar-refractivity contribution in [3.8, 4) is 0 Å². The van der Waals surface area contributed by atoms with Crippen molar-refractivity contribution in [3.63, 3.8) is 0 Å². The van der Waals surface area contributed by atoms with Gasteiger partial charge in [0.15, 0.2) is 0 Å². The first kappa shape index (κ1) is 13.2. The lowest BCUT2D eigenvalue weighted by Crippen LogP contribution is -2.22. The Balaban J connectivity index is 3.00. The third-order valence-electron chi connectivity index (χ3n) is 2.35. The molecule has 0 spiro atoms. The van der Waals surface area contributed by atoms with Gasteiger partial charge in [0.05, 0.1) is 4.90 Å². The molecule has 0 amide bonds. The number of nitrogens with one attached hydrogen (secondary N) is 1. The zero-order valence-corrected chi connectivity index (χ0v) is 10.6. The maximum absolute atomic E-state index is 11.2. The average molecular weight is 242 g/mol. The highest BCUT2D eigenvalue weighted by Crippen LogP contribution is 2.14. The summed E-state index contributed by atoms with van der Waals surface area (Å²) in [6, 6.07) is 5.29. The molecule has 3 N–H and O–H groups in total. The molecule has 0 fully saturated rings. The number of nitrogens with two attached hydrogens (primary N) is 1. The van der Waals surface area contributed by atoms with E-state index in [1.165, 1.54) is 6.07 Å². The average Bonchev–Trinajstić information content (AvgIpc) is 2.14. The molecule has 1 aromatic rings. The van der Waals surface area contributed by atoms with Crippen molar-refractivity contribution in [1.29, 1.82) is 0 Å². The highest BCUT2D eigenvalue weighted by atomic mass is 32.2. The van der Waals surface area contributed by atoms with Gasteiger partial charge in [-0.05, 0) is 30.2 Å². The van der Waals surface area contributed by atoms with Crippen LogP contribution >= 0.6 is 0 Å². The third-order valence-corrected chi connectivity index (χ3v) is 3.26. The van der Waals surface area contributed by atoms with E-state index in [0.29, 0.717) is 12.6 Å². The summed E-state index contributed by atoms with van der Waals surface area (Å²) in [5, 5.41) is 8.33. The number of aryl methyl sites for hydroxylation is 1. The standard InChI is InChI=1S/C11H18N2O2S/c1-8(2)13-7-10-6-11(16(12,14)15)5-4-9(10)3/h4-6,8,13H,7H2,1-3H3,(H2,12,14,15). The number of hydrogen-bond acceptors (Lipinski definition) is 3. The molecule has 0 saturated carbocycles.